The van der Waals surface area contributed by atoms with E-state index in [2.05, 4.69) is 15.2 Å². The van der Waals surface area contributed by atoms with E-state index in [9.17, 15) is 13.2 Å². The first kappa shape index (κ1) is 21.0. The first-order chi connectivity index (χ1) is 14.5. The molecule has 8 nitrogen and oxygen atoms in total. The normalized spacial score (nSPS) is 20.9. The van der Waals surface area contributed by atoms with E-state index < -0.39 is 10.0 Å². The van der Waals surface area contributed by atoms with Gasteiger partial charge >= 0.3 is 0 Å². The van der Waals surface area contributed by atoms with Gasteiger partial charge in [0, 0.05) is 44.5 Å². The van der Waals surface area contributed by atoms with Crippen LogP contribution in [0.2, 0.25) is 0 Å². The Labute approximate surface area is 177 Å². The molecule has 4 heterocycles. The number of likely N-dealkylation sites (tertiary alicyclic amines) is 1. The molecule has 1 amide bonds. The topological polar surface area (TPSA) is 99.3 Å². The van der Waals surface area contributed by atoms with Gasteiger partial charge in [-0.05, 0) is 56.2 Å². The van der Waals surface area contributed by atoms with E-state index >= 15 is 0 Å². The second-order valence-electron chi connectivity index (χ2n) is 8.17. The van der Waals surface area contributed by atoms with Crippen LogP contribution in [-0.2, 0) is 16.4 Å². The maximum absolute atomic E-state index is 13.0. The maximum atomic E-state index is 13.0. The number of nitrogens with one attached hydrogen (secondary N) is 1. The molecule has 0 aromatic carbocycles. The molecule has 0 radical (unpaired) electrons. The molecule has 2 aliphatic rings. The van der Waals surface area contributed by atoms with Crippen LogP contribution in [0.4, 0.5) is 0 Å². The van der Waals surface area contributed by atoms with Crippen molar-refractivity contribution in [1.82, 2.24) is 24.4 Å². The Bertz CT molecular complexity index is 954. The predicted octanol–water partition coefficient (Wildman–Crippen LogP) is 2.18. The molecular weight excluding hydrogens is 402 g/mol. The summed E-state index contributed by atoms with van der Waals surface area (Å²) < 4.78 is 27.5. The van der Waals surface area contributed by atoms with Gasteiger partial charge in [-0.3, -0.25) is 14.9 Å². The third-order valence-electron chi connectivity index (χ3n) is 6.13. The summed E-state index contributed by atoms with van der Waals surface area (Å²) in [6.45, 7) is 2.48. The highest BCUT2D eigenvalue weighted by molar-refractivity contribution is 7.89. The fourth-order valence-electron chi connectivity index (χ4n) is 4.40. The molecule has 2 aromatic heterocycles. The SMILES string of the molecule is O=C(c1cn[nH]c1[C@H]1CCCN(S(=O)(=O)CCc2ccncc2)C1)N1CCCCC1. The molecule has 0 saturated carbocycles. The third-order valence-corrected chi connectivity index (χ3v) is 7.96. The number of amides is 1. The second kappa shape index (κ2) is 9.26. The van der Waals surface area contributed by atoms with Crippen LogP contribution in [0.25, 0.3) is 0 Å². The fraction of sp³-hybridized carbons (Fsp3) is 0.571. The van der Waals surface area contributed by atoms with Gasteiger partial charge in [0.15, 0.2) is 0 Å². The van der Waals surface area contributed by atoms with Gasteiger partial charge in [-0.2, -0.15) is 5.10 Å². The molecule has 30 heavy (non-hydrogen) atoms. The summed E-state index contributed by atoms with van der Waals surface area (Å²) in [4.78, 5) is 18.9. The van der Waals surface area contributed by atoms with Gasteiger partial charge in [0.05, 0.1) is 23.2 Å². The molecule has 0 bridgehead atoms. The number of hydrogen-bond donors (Lipinski definition) is 1. The minimum Gasteiger partial charge on any atom is -0.339 e. The average Bonchev–Trinajstić information content (AvgIpc) is 3.29. The summed E-state index contributed by atoms with van der Waals surface area (Å²) in [6, 6.07) is 3.69. The number of aromatic nitrogens is 3. The number of aryl methyl sites for hydroxylation is 1. The molecule has 1 atom stereocenters. The molecule has 9 heteroatoms. The average molecular weight is 432 g/mol. The molecule has 4 rings (SSSR count). The van der Waals surface area contributed by atoms with Crippen LogP contribution in [0.15, 0.2) is 30.7 Å². The summed E-state index contributed by atoms with van der Waals surface area (Å²) in [7, 11) is -3.38. The van der Waals surface area contributed by atoms with E-state index in [1.807, 2.05) is 17.0 Å². The Morgan fingerprint density at radius 2 is 1.87 bits per heavy atom. The van der Waals surface area contributed by atoms with E-state index in [1.54, 1.807) is 22.9 Å². The van der Waals surface area contributed by atoms with Crippen LogP contribution < -0.4 is 0 Å². The number of carbonyl (C=O) groups excluding carboxylic acids is 1. The van der Waals surface area contributed by atoms with Gasteiger partial charge < -0.3 is 4.90 Å². The Hall–Kier alpha value is -2.26. The van der Waals surface area contributed by atoms with Gasteiger partial charge in [-0.1, -0.05) is 0 Å². The van der Waals surface area contributed by atoms with Crippen molar-refractivity contribution < 1.29 is 13.2 Å². The lowest BCUT2D eigenvalue weighted by molar-refractivity contribution is 0.0722. The molecule has 2 saturated heterocycles. The minimum absolute atomic E-state index is 0.0103. The molecule has 0 aliphatic carbocycles. The number of nitrogens with zero attached hydrogens (tertiary/aromatic N) is 4. The molecule has 1 N–H and O–H groups in total. The highest BCUT2D eigenvalue weighted by Crippen LogP contribution is 2.30. The van der Waals surface area contributed by atoms with E-state index in [1.165, 1.54) is 0 Å². The quantitative estimate of drug-likeness (QED) is 0.756. The van der Waals surface area contributed by atoms with Crippen LogP contribution in [0.5, 0.6) is 0 Å². The summed E-state index contributed by atoms with van der Waals surface area (Å²) in [5.41, 5.74) is 2.34. The van der Waals surface area contributed by atoms with Crippen LogP contribution >= 0.6 is 0 Å². The zero-order valence-electron chi connectivity index (χ0n) is 17.2. The Balaban J connectivity index is 1.44. The van der Waals surface area contributed by atoms with Crippen molar-refractivity contribution in [2.45, 2.75) is 44.4 Å². The lowest BCUT2D eigenvalue weighted by Gasteiger charge is -2.32. The van der Waals surface area contributed by atoms with Gasteiger partial charge in [0.25, 0.3) is 5.91 Å². The molecule has 2 aromatic rings. The monoisotopic (exact) mass is 431 g/mol. The van der Waals surface area contributed by atoms with Crippen molar-refractivity contribution in [2.75, 3.05) is 31.9 Å². The van der Waals surface area contributed by atoms with Crippen LogP contribution in [0, 0.1) is 0 Å². The molecule has 2 aliphatic heterocycles. The second-order valence-corrected chi connectivity index (χ2v) is 10.3. The fourth-order valence-corrected chi connectivity index (χ4v) is 5.97. The number of aromatic amines is 1. The van der Waals surface area contributed by atoms with Gasteiger partial charge in [-0.15, -0.1) is 0 Å². The lowest BCUT2D eigenvalue weighted by atomic mass is 9.93. The molecule has 162 valence electrons. The van der Waals surface area contributed by atoms with Crippen molar-refractivity contribution in [1.29, 1.82) is 0 Å². The van der Waals surface area contributed by atoms with Crippen molar-refractivity contribution >= 4 is 15.9 Å². The van der Waals surface area contributed by atoms with Crippen molar-refractivity contribution in [3.63, 3.8) is 0 Å². The van der Waals surface area contributed by atoms with Gasteiger partial charge in [-0.25, -0.2) is 12.7 Å². The zero-order valence-corrected chi connectivity index (χ0v) is 18.0. The molecule has 0 unspecified atom stereocenters. The minimum atomic E-state index is -3.38. The van der Waals surface area contributed by atoms with Gasteiger partial charge in [0.2, 0.25) is 10.0 Å². The third kappa shape index (κ3) is 4.73. The molecule has 0 spiro atoms. The predicted molar refractivity (Wildman–Crippen MR) is 114 cm³/mol. The highest BCUT2D eigenvalue weighted by atomic mass is 32.2. The van der Waals surface area contributed by atoms with Crippen molar-refractivity contribution in [3.05, 3.63) is 47.5 Å². The maximum Gasteiger partial charge on any atom is 0.257 e. The Kier molecular flexibility index (Phi) is 6.48. The van der Waals surface area contributed by atoms with Crippen molar-refractivity contribution in [3.8, 4) is 0 Å². The lowest BCUT2D eigenvalue weighted by Crippen LogP contribution is -2.41. The number of sulfonamides is 1. The number of H-pyrrole nitrogens is 1. The number of pyridine rings is 1. The summed E-state index contributed by atoms with van der Waals surface area (Å²) >= 11 is 0. The number of rotatable bonds is 6. The Morgan fingerprint density at radius 3 is 2.63 bits per heavy atom. The number of hydrogen-bond acceptors (Lipinski definition) is 5. The van der Waals surface area contributed by atoms with Crippen molar-refractivity contribution in [2.24, 2.45) is 0 Å². The first-order valence-electron chi connectivity index (χ1n) is 10.7. The van der Waals surface area contributed by atoms with Crippen LogP contribution in [0.1, 0.15) is 59.6 Å². The number of carbonyl (C=O) groups is 1. The molecular formula is C21H29N5O3S. The number of piperidine rings is 2. The van der Waals surface area contributed by atoms with E-state index in [0.717, 1.165) is 56.5 Å². The van der Waals surface area contributed by atoms with E-state index in [-0.39, 0.29) is 17.6 Å². The van der Waals surface area contributed by atoms with Crippen LogP contribution in [0.3, 0.4) is 0 Å². The first-order valence-corrected chi connectivity index (χ1v) is 12.3. The van der Waals surface area contributed by atoms with Gasteiger partial charge in [0.1, 0.15) is 0 Å². The summed E-state index contributed by atoms with van der Waals surface area (Å²) in [6.07, 6.45) is 10.3. The largest absolute Gasteiger partial charge is 0.339 e. The Morgan fingerprint density at radius 1 is 1.10 bits per heavy atom. The van der Waals surface area contributed by atoms with Crippen LogP contribution in [-0.4, -0.2) is 70.6 Å². The molecule has 2 fully saturated rings. The summed E-state index contributed by atoms with van der Waals surface area (Å²) in [5.74, 6) is 0.0449. The highest BCUT2D eigenvalue weighted by Gasteiger charge is 2.33. The van der Waals surface area contributed by atoms with E-state index in [4.69, 9.17) is 0 Å². The zero-order chi connectivity index (χ0) is 21.0. The smallest absolute Gasteiger partial charge is 0.257 e. The standard InChI is InChI=1S/C21H29N5O3S/c27-21(25-11-2-1-3-12-25)19-15-23-24-20(19)18-5-4-13-26(16-18)30(28,29)14-8-17-6-9-22-10-7-17/h6-7,9-10,15,18H,1-5,8,11-14,16H2,(H,23,24)/t18-/m0/s1. The van der Waals surface area contributed by atoms with E-state index in [0.29, 0.717) is 25.1 Å². The summed E-state index contributed by atoms with van der Waals surface area (Å²) in [5, 5.41) is 7.13.